The van der Waals surface area contributed by atoms with Gasteiger partial charge in [0.25, 0.3) is 0 Å². The second-order valence-corrected chi connectivity index (χ2v) is 6.24. The smallest absolute Gasteiger partial charge is 0.120 e. The number of hydrogen-bond acceptors (Lipinski definition) is 3. The summed E-state index contributed by atoms with van der Waals surface area (Å²) in [6.07, 6.45) is 6.71. The van der Waals surface area contributed by atoms with Crippen molar-refractivity contribution in [3.8, 4) is 5.75 Å². The summed E-state index contributed by atoms with van der Waals surface area (Å²) in [4.78, 5) is 2.43. The van der Waals surface area contributed by atoms with E-state index in [0.717, 1.165) is 28.0 Å². The van der Waals surface area contributed by atoms with Crippen molar-refractivity contribution in [2.24, 2.45) is 0 Å². The predicted octanol–water partition coefficient (Wildman–Crippen LogP) is 3.80. The molecule has 0 aliphatic heterocycles. The molecule has 0 heterocycles. The Labute approximate surface area is 124 Å². The standard InChI is InChI=1S/C15H23BrN2O/c1-18(12-6-4-3-5-7-12)10-11-8-13(19-2)9-14(16)15(11)17/h8-9,12H,3-7,10,17H2,1-2H3. The second-order valence-electron chi connectivity index (χ2n) is 5.39. The van der Waals surface area contributed by atoms with Gasteiger partial charge >= 0.3 is 0 Å². The second kappa shape index (κ2) is 6.62. The van der Waals surface area contributed by atoms with Crippen molar-refractivity contribution >= 4 is 21.6 Å². The Morgan fingerprint density at radius 1 is 1.32 bits per heavy atom. The molecule has 0 unspecified atom stereocenters. The molecule has 0 radical (unpaired) electrons. The number of anilines is 1. The first kappa shape index (κ1) is 14.7. The van der Waals surface area contributed by atoms with Gasteiger partial charge in [-0.2, -0.15) is 0 Å². The van der Waals surface area contributed by atoms with Gasteiger partial charge in [0.2, 0.25) is 0 Å². The maximum absolute atomic E-state index is 6.15. The Morgan fingerprint density at radius 2 is 2.00 bits per heavy atom. The Kier molecular flexibility index (Phi) is 5.11. The minimum atomic E-state index is 0.693. The van der Waals surface area contributed by atoms with Gasteiger partial charge in [0.1, 0.15) is 5.75 Å². The summed E-state index contributed by atoms with van der Waals surface area (Å²) < 4.78 is 6.23. The van der Waals surface area contributed by atoms with Gasteiger partial charge in [-0.3, -0.25) is 4.90 Å². The van der Waals surface area contributed by atoms with E-state index in [0.29, 0.717) is 6.04 Å². The fourth-order valence-corrected chi connectivity index (χ4v) is 3.30. The molecular formula is C15H23BrN2O. The van der Waals surface area contributed by atoms with Gasteiger partial charge in [-0.25, -0.2) is 0 Å². The molecule has 1 fully saturated rings. The van der Waals surface area contributed by atoms with Crippen LogP contribution in [0.2, 0.25) is 0 Å². The molecule has 0 aromatic heterocycles. The number of ether oxygens (including phenoxy) is 1. The highest BCUT2D eigenvalue weighted by molar-refractivity contribution is 9.10. The van der Waals surface area contributed by atoms with Crippen LogP contribution in [0.3, 0.4) is 0 Å². The van der Waals surface area contributed by atoms with Crippen LogP contribution in [0.4, 0.5) is 5.69 Å². The Morgan fingerprint density at radius 3 is 2.63 bits per heavy atom. The van der Waals surface area contributed by atoms with Gasteiger partial charge in [0.15, 0.2) is 0 Å². The van der Waals surface area contributed by atoms with Crippen molar-refractivity contribution in [1.82, 2.24) is 4.90 Å². The quantitative estimate of drug-likeness (QED) is 0.855. The highest BCUT2D eigenvalue weighted by atomic mass is 79.9. The molecule has 0 saturated heterocycles. The normalized spacial score (nSPS) is 16.8. The molecular weight excluding hydrogens is 304 g/mol. The third-order valence-corrected chi connectivity index (χ3v) is 4.70. The third kappa shape index (κ3) is 3.63. The Balaban J connectivity index is 2.11. The van der Waals surface area contributed by atoms with E-state index in [2.05, 4.69) is 27.9 Å². The molecule has 1 saturated carbocycles. The summed E-state index contributed by atoms with van der Waals surface area (Å²) in [6.45, 7) is 0.881. The van der Waals surface area contributed by atoms with Crippen LogP contribution in [0, 0.1) is 0 Å². The zero-order valence-electron chi connectivity index (χ0n) is 11.8. The summed E-state index contributed by atoms with van der Waals surface area (Å²) >= 11 is 3.50. The average molecular weight is 327 g/mol. The lowest BCUT2D eigenvalue weighted by Crippen LogP contribution is -2.33. The summed E-state index contributed by atoms with van der Waals surface area (Å²) in [5.74, 6) is 0.855. The Bertz CT molecular complexity index is 430. The zero-order chi connectivity index (χ0) is 13.8. The highest BCUT2D eigenvalue weighted by Gasteiger charge is 2.19. The predicted molar refractivity (Wildman–Crippen MR) is 83.4 cm³/mol. The molecule has 1 aromatic carbocycles. The first-order valence-corrected chi connectivity index (χ1v) is 7.73. The largest absolute Gasteiger partial charge is 0.497 e. The molecule has 1 aliphatic carbocycles. The summed E-state index contributed by atoms with van der Waals surface area (Å²) in [7, 11) is 3.88. The van der Waals surface area contributed by atoms with Crippen LogP contribution in [0.15, 0.2) is 16.6 Å². The summed E-state index contributed by atoms with van der Waals surface area (Å²) in [5, 5.41) is 0. The molecule has 106 valence electrons. The van der Waals surface area contributed by atoms with E-state index >= 15 is 0 Å². The molecule has 19 heavy (non-hydrogen) atoms. The van der Waals surface area contributed by atoms with Crippen LogP contribution in [-0.4, -0.2) is 25.1 Å². The van der Waals surface area contributed by atoms with Gasteiger partial charge in [0, 0.05) is 17.1 Å². The molecule has 2 rings (SSSR count). The number of halogens is 1. The topological polar surface area (TPSA) is 38.5 Å². The van der Waals surface area contributed by atoms with E-state index < -0.39 is 0 Å². The molecule has 2 N–H and O–H groups in total. The number of rotatable bonds is 4. The fraction of sp³-hybridized carbons (Fsp3) is 0.600. The molecule has 1 aromatic rings. The van der Waals surface area contributed by atoms with E-state index in [1.165, 1.54) is 32.1 Å². The van der Waals surface area contributed by atoms with Gasteiger partial charge in [-0.1, -0.05) is 19.3 Å². The number of nitrogens with zero attached hydrogens (tertiary/aromatic N) is 1. The molecule has 0 atom stereocenters. The van der Waals surface area contributed by atoms with Crippen LogP contribution in [0.1, 0.15) is 37.7 Å². The first-order chi connectivity index (χ1) is 9.11. The van der Waals surface area contributed by atoms with Crippen molar-refractivity contribution in [2.75, 3.05) is 19.9 Å². The minimum absolute atomic E-state index is 0.693. The Hall–Kier alpha value is -0.740. The third-order valence-electron chi connectivity index (χ3n) is 4.04. The number of benzene rings is 1. The van der Waals surface area contributed by atoms with Crippen molar-refractivity contribution < 1.29 is 4.74 Å². The van der Waals surface area contributed by atoms with Crippen molar-refractivity contribution in [3.05, 3.63) is 22.2 Å². The lowest BCUT2D eigenvalue weighted by atomic mass is 9.94. The number of nitrogens with two attached hydrogens (primary N) is 1. The van der Waals surface area contributed by atoms with E-state index in [1.54, 1.807) is 7.11 Å². The van der Waals surface area contributed by atoms with Crippen molar-refractivity contribution in [3.63, 3.8) is 0 Å². The van der Waals surface area contributed by atoms with Gasteiger partial charge in [0.05, 0.1) is 12.8 Å². The van der Waals surface area contributed by atoms with Crippen LogP contribution in [0.5, 0.6) is 5.75 Å². The molecule has 0 bridgehead atoms. The van der Waals surface area contributed by atoms with E-state index in [9.17, 15) is 0 Å². The van der Waals surface area contributed by atoms with Crippen molar-refractivity contribution in [1.29, 1.82) is 0 Å². The van der Waals surface area contributed by atoms with E-state index in [-0.39, 0.29) is 0 Å². The van der Waals surface area contributed by atoms with Crippen LogP contribution >= 0.6 is 15.9 Å². The molecule has 0 amide bonds. The average Bonchev–Trinajstić information content (AvgIpc) is 2.44. The zero-order valence-corrected chi connectivity index (χ0v) is 13.4. The molecule has 4 heteroatoms. The van der Waals surface area contributed by atoms with Gasteiger partial charge < -0.3 is 10.5 Å². The summed E-state index contributed by atoms with van der Waals surface area (Å²) in [6, 6.07) is 4.65. The van der Waals surface area contributed by atoms with Crippen molar-refractivity contribution in [2.45, 2.75) is 44.7 Å². The SMILES string of the molecule is COc1cc(Br)c(N)c(CN(C)C2CCCCC2)c1. The lowest BCUT2D eigenvalue weighted by Gasteiger charge is -2.31. The first-order valence-electron chi connectivity index (χ1n) is 6.94. The summed E-state index contributed by atoms with van der Waals surface area (Å²) in [5.41, 5.74) is 8.12. The van der Waals surface area contributed by atoms with Crippen LogP contribution < -0.4 is 10.5 Å². The molecule has 0 spiro atoms. The van der Waals surface area contributed by atoms with E-state index in [1.807, 2.05) is 12.1 Å². The number of hydrogen-bond donors (Lipinski definition) is 1. The molecule has 3 nitrogen and oxygen atoms in total. The number of nitrogen functional groups attached to an aromatic ring is 1. The highest BCUT2D eigenvalue weighted by Crippen LogP contribution is 2.31. The monoisotopic (exact) mass is 326 g/mol. The maximum Gasteiger partial charge on any atom is 0.120 e. The molecule has 1 aliphatic rings. The van der Waals surface area contributed by atoms with E-state index in [4.69, 9.17) is 10.5 Å². The van der Waals surface area contributed by atoms with Crippen LogP contribution in [-0.2, 0) is 6.54 Å². The van der Waals surface area contributed by atoms with Gasteiger partial charge in [-0.05, 0) is 53.5 Å². The number of methoxy groups -OCH3 is 1. The minimum Gasteiger partial charge on any atom is -0.497 e. The van der Waals surface area contributed by atoms with Crippen LogP contribution in [0.25, 0.3) is 0 Å². The fourth-order valence-electron chi connectivity index (χ4n) is 2.82. The van der Waals surface area contributed by atoms with Gasteiger partial charge in [-0.15, -0.1) is 0 Å². The maximum atomic E-state index is 6.15. The lowest BCUT2D eigenvalue weighted by molar-refractivity contribution is 0.184.